The molecule has 0 saturated heterocycles. The van der Waals surface area contributed by atoms with Gasteiger partial charge in [-0.15, -0.1) is 11.3 Å². The molecular formula is C25H21F3N4O5S. The van der Waals surface area contributed by atoms with Crippen molar-refractivity contribution in [2.75, 3.05) is 11.9 Å². The molecule has 38 heavy (non-hydrogen) atoms. The molecule has 0 fully saturated rings. The van der Waals surface area contributed by atoms with Gasteiger partial charge in [-0.2, -0.15) is 13.2 Å². The molecule has 0 bridgehead atoms. The summed E-state index contributed by atoms with van der Waals surface area (Å²) < 4.78 is 41.3. The van der Waals surface area contributed by atoms with Crippen LogP contribution in [0.1, 0.15) is 42.4 Å². The number of aromatic nitrogens is 3. The first kappa shape index (κ1) is 26.9. The van der Waals surface area contributed by atoms with Gasteiger partial charge in [0.05, 0.1) is 18.2 Å². The van der Waals surface area contributed by atoms with Gasteiger partial charge in [0.2, 0.25) is 11.3 Å². The third kappa shape index (κ3) is 5.15. The third-order valence-corrected chi connectivity index (χ3v) is 6.76. The Hall–Kier alpha value is -4.10. The Morgan fingerprint density at radius 2 is 1.95 bits per heavy atom. The van der Waals surface area contributed by atoms with Gasteiger partial charge >= 0.3 is 12.1 Å². The lowest BCUT2D eigenvalue weighted by molar-refractivity contribution is -0.140. The van der Waals surface area contributed by atoms with E-state index in [2.05, 4.69) is 15.3 Å². The molecule has 3 heterocycles. The summed E-state index contributed by atoms with van der Waals surface area (Å²) in [4.78, 5) is 44.3. The highest BCUT2D eigenvalue weighted by Crippen LogP contribution is 2.39. The zero-order chi connectivity index (χ0) is 27.8. The maximum absolute atomic E-state index is 13.2. The molecule has 1 unspecified atom stereocenters. The largest absolute Gasteiger partial charge is 0.477 e. The van der Waals surface area contributed by atoms with Crippen molar-refractivity contribution in [2.24, 2.45) is 0 Å². The first-order valence-corrected chi connectivity index (χ1v) is 12.2. The van der Waals surface area contributed by atoms with E-state index in [0.29, 0.717) is 23.1 Å². The minimum atomic E-state index is -4.66. The molecule has 0 aliphatic rings. The van der Waals surface area contributed by atoms with E-state index >= 15 is 0 Å². The van der Waals surface area contributed by atoms with E-state index in [9.17, 15) is 37.8 Å². The number of fused-ring (bicyclic) bond motifs is 1. The summed E-state index contributed by atoms with van der Waals surface area (Å²) in [6.07, 6.45) is -1.68. The van der Waals surface area contributed by atoms with Crippen molar-refractivity contribution in [1.29, 1.82) is 0 Å². The minimum absolute atomic E-state index is 0.00412. The van der Waals surface area contributed by atoms with Gasteiger partial charge < -0.3 is 20.1 Å². The van der Waals surface area contributed by atoms with E-state index in [1.54, 1.807) is 19.1 Å². The lowest BCUT2D eigenvalue weighted by Crippen LogP contribution is -2.22. The van der Waals surface area contributed by atoms with Crippen LogP contribution in [0.3, 0.4) is 0 Å². The Kier molecular flexibility index (Phi) is 7.33. The summed E-state index contributed by atoms with van der Waals surface area (Å²) in [7, 11) is 0. The molecule has 0 spiro atoms. The molecule has 1 amide bonds. The number of alkyl halides is 3. The number of aliphatic hydroxyl groups is 1. The highest BCUT2D eigenvalue weighted by atomic mass is 32.1. The third-order valence-electron chi connectivity index (χ3n) is 5.88. The van der Waals surface area contributed by atoms with Crippen LogP contribution in [0.25, 0.3) is 32.6 Å². The highest BCUT2D eigenvalue weighted by molar-refractivity contribution is 7.13. The zero-order valence-corrected chi connectivity index (χ0v) is 20.9. The monoisotopic (exact) mass is 546 g/mol. The molecule has 0 aliphatic carbocycles. The highest BCUT2D eigenvalue weighted by Gasteiger charge is 2.34. The fourth-order valence-corrected chi connectivity index (χ4v) is 4.89. The Morgan fingerprint density at radius 1 is 1.21 bits per heavy atom. The van der Waals surface area contributed by atoms with Crippen LogP contribution < -0.4 is 10.7 Å². The number of carbonyl (C=O) groups excluding carboxylic acids is 1. The number of carboxylic acid groups (broad SMARTS) is 1. The average Bonchev–Trinajstić information content (AvgIpc) is 3.36. The molecule has 0 aliphatic heterocycles. The molecule has 3 N–H and O–H groups in total. The number of aromatic carboxylic acids is 1. The first-order valence-electron chi connectivity index (χ1n) is 11.3. The molecule has 3 aromatic heterocycles. The van der Waals surface area contributed by atoms with Crippen molar-refractivity contribution in [1.82, 2.24) is 14.5 Å². The number of amides is 1. The van der Waals surface area contributed by atoms with E-state index in [0.717, 1.165) is 16.7 Å². The Bertz CT molecular complexity index is 1610. The Balaban J connectivity index is 1.98. The Morgan fingerprint density at radius 3 is 2.53 bits per heavy atom. The van der Waals surface area contributed by atoms with Crippen LogP contribution in [0, 0.1) is 0 Å². The van der Waals surface area contributed by atoms with E-state index in [1.807, 2.05) is 0 Å². The summed E-state index contributed by atoms with van der Waals surface area (Å²) in [5.41, 5.74) is -1.05. The zero-order valence-electron chi connectivity index (χ0n) is 20.0. The second-order valence-corrected chi connectivity index (χ2v) is 9.25. The smallest absolute Gasteiger partial charge is 0.434 e. The van der Waals surface area contributed by atoms with Crippen molar-refractivity contribution < 1.29 is 33.0 Å². The summed E-state index contributed by atoms with van der Waals surface area (Å²) in [6, 6.07) is 5.50. The second-order valence-electron chi connectivity index (χ2n) is 8.39. The lowest BCUT2D eigenvalue weighted by atomic mass is 9.99. The first-order chi connectivity index (χ1) is 17.9. The van der Waals surface area contributed by atoms with Crippen molar-refractivity contribution >= 4 is 39.9 Å². The topological polar surface area (TPSA) is 134 Å². The molecule has 0 saturated carbocycles. The van der Waals surface area contributed by atoms with Crippen molar-refractivity contribution in [3.8, 4) is 21.7 Å². The van der Waals surface area contributed by atoms with Crippen LogP contribution in [0.4, 0.5) is 19.0 Å². The predicted octanol–water partition coefficient (Wildman–Crippen LogP) is 4.81. The van der Waals surface area contributed by atoms with Crippen molar-refractivity contribution in [2.45, 2.75) is 32.5 Å². The number of nitrogens with one attached hydrogen (secondary N) is 1. The van der Waals surface area contributed by atoms with E-state index in [-0.39, 0.29) is 28.4 Å². The van der Waals surface area contributed by atoms with Gasteiger partial charge in [0.1, 0.15) is 16.4 Å². The number of halogens is 3. The number of thiazole rings is 1. The van der Waals surface area contributed by atoms with Gasteiger partial charge in [-0.3, -0.25) is 9.59 Å². The van der Waals surface area contributed by atoms with E-state index in [4.69, 9.17) is 0 Å². The van der Waals surface area contributed by atoms with Gasteiger partial charge in [-0.1, -0.05) is 13.0 Å². The van der Waals surface area contributed by atoms with Crippen LogP contribution in [-0.2, 0) is 11.0 Å². The second kappa shape index (κ2) is 10.3. The van der Waals surface area contributed by atoms with Crippen LogP contribution in [0.2, 0.25) is 0 Å². The SMILES string of the molecule is CCC(CO)n1cc(C(=O)O)c(=O)c2cc(-c3cnc(NC(C)=O)cc3-c3nc(C(F)(F)F)cs3)ccc21. The van der Waals surface area contributed by atoms with Crippen LogP contribution in [0.15, 0.2) is 46.8 Å². The molecule has 0 radical (unpaired) electrons. The number of nitrogens with zero attached hydrogens (tertiary/aromatic N) is 3. The number of pyridine rings is 2. The van der Waals surface area contributed by atoms with E-state index < -0.39 is 40.8 Å². The standard InChI is InChI=1S/C25H21F3N4O5S/c1-3-14(10-33)32-9-18(24(36)37)22(35)16-6-13(4-5-19(16)32)17-8-29-21(30-12(2)34)7-15(17)23-31-20(11-38-23)25(26,27)28/h4-9,11,14,33H,3,10H2,1-2H3,(H,36,37)(H,29,30,34). The summed E-state index contributed by atoms with van der Waals surface area (Å²) >= 11 is 0.748. The molecule has 4 aromatic rings. The number of benzene rings is 1. The summed E-state index contributed by atoms with van der Waals surface area (Å²) in [5, 5.41) is 22.8. The van der Waals surface area contributed by atoms with Gasteiger partial charge in [0, 0.05) is 41.2 Å². The molecule has 1 atom stereocenters. The average molecular weight is 547 g/mol. The fraction of sp³-hybridized carbons (Fsp3) is 0.240. The lowest BCUT2D eigenvalue weighted by Gasteiger charge is -2.20. The molecule has 9 nitrogen and oxygen atoms in total. The van der Waals surface area contributed by atoms with Crippen LogP contribution >= 0.6 is 11.3 Å². The van der Waals surface area contributed by atoms with Crippen LogP contribution in [0.5, 0.6) is 0 Å². The number of aliphatic hydroxyl groups excluding tert-OH is 1. The summed E-state index contributed by atoms with van der Waals surface area (Å²) in [5.74, 6) is -1.79. The quantitative estimate of drug-likeness (QED) is 0.303. The number of carbonyl (C=O) groups is 2. The molecular weight excluding hydrogens is 525 g/mol. The normalized spacial score (nSPS) is 12.5. The number of anilines is 1. The maximum Gasteiger partial charge on any atom is 0.434 e. The molecule has 198 valence electrons. The number of hydrogen-bond acceptors (Lipinski definition) is 7. The van der Waals surface area contributed by atoms with Crippen molar-refractivity contribution in [3.63, 3.8) is 0 Å². The van der Waals surface area contributed by atoms with Crippen LogP contribution in [-0.4, -0.2) is 43.2 Å². The van der Waals surface area contributed by atoms with Gasteiger partial charge in [0.15, 0.2) is 5.69 Å². The maximum atomic E-state index is 13.2. The molecule has 4 rings (SSSR count). The number of carboxylic acids is 1. The predicted molar refractivity (Wildman–Crippen MR) is 135 cm³/mol. The van der Waals surface area contributed by atoms with Gasteiger partial charge in [0.25, 0.3) is 0 Å². The van der Waals surface area contributed by atoms with E-state index in [1.165, 1.54) is 36.0 Å². The van der Waals surface area contributed by atoms with Gasteiger partial charge in [-0.05, 0) is 30.2 Å². The molecule has 13 heteroatoms. The van der Waals surface area contributed by atoms with Gasteiger partial charge in [-0.25, -0.2) is 14.8 Å². The number of hydrogen-bond donors (Lipinski definition) is 3. The number of rotatable bonds is 7. The van der Waals surface area contributed by atoms with Crippen molar-refractivity contribution in [3.05, 3.63) is 63.5 Å². The summed E-state index contributed by atoms with van der Waals surface area (Å²) in [6.45, 7) is 2.77. The molecule has 1 aromatic carbocycles. The fourth-order valence-electron chi connectivity index (χ4n) is 4.03. The minimum Gasteiger partial charge on any atom is -0.477 e. The Labute approximate surface area is 217 Å².